The molecule has 4 heteroatoms. The van der Waals surface area contributed by atoms with Crippen LogP contribution < -0.4 is 10.1 Å². The van der Waals surface area contributed by atoms with Crippen LogP contribution in [0.1, 0.15) is 37.8 Å². The molecule has 2 aromatic heterocycles. The zero-order valence-electron chi connectivity index (χ0n) is 12.6. The third kappa shape index (κ3) is 4.70. The molecule has 0 atom stereocenters. The van der Waals surface area contributed by atoms with E-state index in [1.54, 1.807) is 12.5 Å². The normalized spacial score (nSPS) is 11.6. The van der Waals surface area contributed by atoms with E-state index in [2.05, 4.69) is 31.1 Å². The molecule has 108 valence electrons. The number of hydrogen-bond acceptors (Lipinski definition) is 4. The Morgan fingerprint density at radius 2 is 2.10 bits per heavy atom. The van der Waals surface area contributed by atoms with Gasteiger partial charge in [0.15, 0.2) is 0 Å². The van der Waals surface area contributed by atoms with Crippen LogP contribution in [0, 0.1) is 6.92 Å². The number of nitrogens with zero attached hydrogens (tertiary/aromatic N) is 1. The van der Waals surface area contributed by atoms with Crippen LogP contribution >= 0.6 is 0 Å². The van der Waals surface area contributed by atoms with Gasteiger partial charge >= 0.3 is 0 Å². The van der Waals surface area contributed by atoms with Crippen molar-refractivity contribution < 1.29 is 9.15 Å². The van der Waals surface area contributed by atoms with Crippen molar-refractivity contribution in [3.63, 3.8) is 0 Å². The SMILES string of the molecule is Cc1ccc(OCc2cc(CNC(C)(C)C)co2)cn1. The number of hydrogen-bond donors (Lipinski definition) is 1. The summed E-state index contributed by atoms with van der Waals surface area (Å²) >= 11 is 0. The molecule has 4 nitrogen and oxygen atoms in total. The molecule has 0 spiro atoms. The molecule has 1 N–H and O–H groups in total. The molecule has 2 rings (SSSR count). The van der Waals surface area contributed by atoms with Crippen molar-refractivity contribution in [2.75, 3.05) is 0 Å². The summed E-state index contributed by atoms with van der Waals surface area (Å²) in [6, 6.07) is 5.85. The Balaban J connectivity index is 1.85. The predicted octanol–water partition coefficient (Wildman–Crippen LogP) is 3.45. The Kier molecular flexibility index (Phi) is 4.45. The summed E-state index contributed by atoms with van der Waals surface area (Å²) in [5.41, 5.74) is 2.20. The average Bonchev–Trinajstić information content (AvgIpc) is 2.83. The van der Waals surface area contributed by atoms with Gasteiger partial charge in [0.05, 0.1) is 12.5 Å². The largest absolute Gasteiger partial charge is 0.484 e. The first kappa shape index (κ1) is 14.6. The van der Waals surface area contributed by atoms with Gasteiger partial charge in [0, 0.05) is 23.3 Å². The highest BCUT2D eigenvalue weighted by molar-refractivity contribution is 5.20. The van der Waals surface area contributed by atoms with Crippen molar-refractivity contribution in [2.45, 2.75) is 46.4 Å². The van der Waals surface area contributed by atoms with Crippen LogP contribution in [0.5, 0.6) is 5.75 Å². The second kappa shape index (κ2) is 6.09. The Morgan fingerprint density at radius 1 is 1.30 bits per heavy atom. The van der Waals surface area contributed by atoms with Crippen LogP contribution in [-0.2, 0) is 13.2 Å². The molecule has 2 heterocycles. The minimum atomic E-state index is 0.0987. The van der Waals surface area contributed by atoms with Gasteiger partial charge in [-0.05, 0) is 45.9 Å². The van der Waals surface area contributed by atoms with Crippen LogP contribution in [0.4, 0.5) is 0 Å². The van der Waals surface area contributed by atoms with E-state index in [0.29, 0.717) is 6.61 Å². The highest BCUT2D eigenvalue weighted by atomic mass is 16.5. The first-order chi connectivity index (χ1) is 9.42. The Labute approximate surface area is 120 Å². The zero-order valence-corrected chi connectivity index (χ0v) is 12.6. The highest BCUT2D eigenvalue weighted by Crippen LogP contribution is 2.14. The topological polar surface area (TPSA) is 47.3 Å². The van der Waals surface area contributed by atoms with E-state index in [1.165, 1.54) is 0 Å². The van der Waals surface area contributed by atoms with E-state index in [0.717, 1.165) is 29.3 Å². The number of ether oxygens (including phenoxy) is 1. The molecule has 0 saturated heterocycles. The van der Waals surface area contributed by atoms with Crippen molar-refractivity contribution in [1.29, 1.82) is 0 Å². The fourth-order valence-corrected chi connectivity index (χ4v) is 1.66. The minimum absolute atomic E-state index is 0.0987. The lowest BCUT2D eigenvalue weighted by atomic mass is 10.1. The molecule has 0 bridgehead atoms. The first-order valence-corrected chi connectivity index (χ1v) is 6.79. The lowest BCUT2D eigenvalue weighted by molar-refractivity contribution is 0.269. The molecule has 0 amide bonds. The second-order valence-electron chi connectivity index (χ2n) is 5.95. The van der Waals surface area contributed by atoms with Gasteiger partial charge in [0.1, 0.15) is 18.1 Å². The zero-order chi connectivity index (χ0) is 14.6. The Bertz CT molecular complexity index is 538. The van der Waals surface area contributed by atoms with E-state index >= 15 is 0 Å². The maximum Gasteiger partial charge on any atom is 0.146 e. The molecule has 0 unspecified atom stereocenters. The van der Waals surface area contributed by atoms with Crippen molar-refractivity contribution in [3.05, 3.63) is 47.7 Å². The number of nitrogens with one attached hydrogen (secondary N) is 1. The molecule has 0 aromatic carbocycles. The second-order valence-corrected chi connectivity index (χ2v) is 5.95. The van der Waals surface area contributed by atoms with E-state index in [4.69, 9.17) is 9.15 Å². The maximum absolute atomic E-state index is 5.63. The van der Waals surface area contributed by atoms with Crippen molar-refractivity contribution in [2.24, 2.45) is 0 Å². The summed E-state index contributed by atoms with van der Waals surface area (Å²) in [5, 5.41) is 3.42. The molecule has 0 aliphatic rings. The smallest absolute Gasteiger partial charge is 0.146 e. The fourth-order valence-electron chi connectivity index (χ4n) is 1.66. The number of furan rings is 1. The van der Waals surface area contributed by atoms with Gasteiger partial charge in [-0.3, -0.25) is 4.98 Å². The summed E-state index contributed by atoms with van der Waals surface area (Å²) in [4.78, 5) is 4.19. The van der Waals surface area contributed by atoms with Crippen LogP contribution in [-0.4, -0.2) is 10.5 Å². The minimum Gasteiger partial charge on any atom is -0.484 e. The lowest BCUT2D eigenvalue weighted by Crippen LogP contribution is -2.34. The number of aryl methyl sites for hydroxylation is 1. The Hall–Kier alpha value is -1.81. The standard InChI is InChI=1S/C16H22N2O2/c1-12-5-6-14(9-17-12)20-11-15-7-13(10-19-15)8-18-16(2,3)4/h5-7,9-10,18H,8,11H2,1-4H3. The summed E-state index contributed by atoms with van der Waals surface area (Å²) in [6.07, 6.45) is 3.49. The summed E-state index contributed by atoms with van der Waals surface area (Å²) in [6.45, 7) is 9.58. The third-order valence-corrected chi connectivity index (χ3v) is 2.80. The monoisotopic (exact) mass is 274 g/mol. The molecule has 0 aliphatic carbocycles. The van der Waals surface area contributed by atoms with Gasteiger partial charge in [0.2, 0.25) is 0 Å². The van der Waals surface area contributed by atoms with Crippen LogP contribution in [0.25, 0.3) is 0 Å². The molecular weight excluding hydrogens is 252 g/mol. The maximum atomic E-state index is 5.63. The molecule has 0 aliphatic heterocycles. The molecule has 20 heavy (non-hydrogen) atoms. The van der Waals surface area contributed by atoms with Gasteiger partial charge in [-0.2, -0.15) is 0 Å². The van der Waals surface area contributed by atoms with E-state index in [-0.39, 0.29) is 5.54 Å². The average molecular weight is 274 g/mol. The summed E-state index contributed by atoms with van der Waals surface area (Å²) in [7, 11) is 0. The fraction of sp³-hybridized carbons (Fsp3) is 0.438. The number of rotatable bonds is 5. The van der Waals surface area contributed by atoms with Gasteiger partial charge in [-0.1, -0.05) is 0 Å². The van der Waals surface area contributed by atoms with Crippen LogP contribution in [0.3, 0.4) is 0 Å². The molecular formula is C16H22N2O2. The van der Waals surface area contributed by atoms with Gasteiger partial charge in [0.25, 0.3) is 0 Å². The van der Waals surface area contributed by atoms with E-state index < -0.39 is 0 Å². The number of aromatic nitrogens is 1. The summed E-state index contributed by atoms with van der Waals surface area (Å²) < 4.78 is 11.1. The molecule has 0 radical (unpaired) electrons. The predicted molar refractivity (Wildman–Crippen MR) is 78.6 cm³/mol. The van der Waals surface area contributed by atoms with Crippen molar-refractivity contribution >= 4 is 0 Å². The highest BCUT2D eigenvalue weighted by Gasteiger charge is 2.10. The first-order valence-electron chi connectivity index (χ1n) is 6.79. The van der Waals surface area contributed by atoms with Gasteiger partial charge in [-0.25, -0.2) is 0 Å². The molecule has 0 fully saturated rings. The molecule has 2 aromatic rings. The molecule has 0 saturated carbocycles. The van der Waals surface area contributed by atoms with Crippen molar-refractivity contribution in [3.8, 4) is 5.75 Å². The lowest BCUT2D eigenvalue weighted by Gasteiger charge is -2.19. The Morgan fingerprint density at radius 3 is 2.75 bits per heavy atom. The van der Waals surface area contributed by atoms with Gasteiger partial charge in [-0.15, -0.1) is 0 Å². The van der Waals surface area contributed by atoms with Gasteiger partial charge < -0.3 is 14.5 Å². The summed E-state index contributed by atoms with van der Waals surface area (Å²) in [5.74, 6) is 1.57. The van der Waals surface area contributed by atoms with Crippen LogP contribution in [0.2, 0.25) is 0 Å². The quantitative estimate of drug-likeness (QED) is 0.907. The van der Waals surface area contributed by atoms with E-state index in [9.17, 15) is 0 Å². The van der Waals surface area contributed by atoms with E-state index in [1.807, 2.05) is 25.1 Å². The van der Waals surface area contributed by atoms with Crippen LogP contribution in [0.15, 0.2) is 35.1 Å². The third-order valence-electron chi connectivity index (χ3n) is 2.80. The van der Waals surface area contributed by atoms with Crippen molar-refractivity contribution in [1.82, 2.24) is 10.3 Å². The number of pyridine rings is 1.